The molecule has 0 spiro atoms. The molecule has 3 rings (SSSR count). The molecule has 0 saturated heterocycles. The van der Waals surface area contributed by atoms with Gasteiger partial charge in [-0.2, -0.15) is 0 Å². The first kappa shape index (κ1) is 15.7. The molecule has 2 amide bonds. The molecule has 122 valence electrons. The van der Waals surface area contributed by atoms with Crippen molar-refractivity contribution >= 4 is 6.03 Å². The van der Waals surface area contributed by atoms with Gasteiger partial charge in [0.05, 0.1) is 18.3 Å². The first-order valence-electron chi connectivity index (χ1n) is 8.33. The number of nitrogens with one attached hydrogen (secondary N) is 2. The summed E-state index contributed by atoms with van der Waals surface area (Å²) in [5.74, 6) is 1.32. The molecule has 4 nitrogen and oxygen atoms in total. The fourth-order valence-corrected chi connectivity index (χ4v) is 3.27. The Hall–Kier alpha value is -2.23. The summed E-state index contributed by atoms with van der Waals surface area (Å²) >= 11 is 0. The SMILES string of the molecule is CC(C)[C@@H](NC(=O)N[C@H]1CCCc2occc21)c1ccccc1. The molecule has 1 aromatic heterocycles. The van der Waals surface area contributed by atoms with Crippen LogP contribution in [0.3, 0.4) is 0 Å². The summed E-state index contributed by atoms with van der Waals surface area (Å²) in [5, 5.41) is 6.23. The van der Waals surface area contributed by atoms with Gasteiger partial charge in [0.15, 0.2) is 0 Å². The molecule has 1 heterocycles. The summed E-state index contributed by atoms with van der Waals surface area (Å²) in [4.78, 5) is 12.5. The number of aryl methyl sites for hydroxylation is 1. The van der Waals surface area contributed by atoms with E-state index in [1.165, 1.54) is 0 Å². The van der Waals surface area contributed by atoms with Crippen LogP contribution in [-0.2, 0) is 6.42 Å². The number of amides is 2. The standard InChI is InChI=1S/C19H24N2O2/c1-13(2)18(14-7-4-3-5-8-14)21-19(22)20-16-9-6-10-17-15(16)11-12-23-17/h3-5,7-8,11-13,16,18H,6,9-10H2,1-2H3,(H2,20,21,22)/t16-,18+/m0/s1. The number of carbonyl (C=O) groups excluding carboxylic acids is 1. The molecule has 2 N–H and O–H groups in total. The maximum Gasteiger partial charge on any atom is 0.315 e. The van der Waals surface area contributed by atoms with E-state index in [0.717, 1.165) is 36.1 Å². The minimum atomic E-state index is -0.119. The Bertz CT molecular complexity index is 648. The Morgan fingerprint density at radius 1 is 1.22 bits per heavy atom. The van der Waals surface area contributed by atoms with Gasteiger partial charge in [-0.15, -0.1) is 0 Å². The van der Waals surface area contributed by atoms with Crippen LogP contribution in [0.1, 0.15) is 55.7 Å². The van der Waals surface area contributed by atoms with Gasteiger partial charge in [0.25, 0.3) is 0 Å². The maximum atomic E-state index is 12.5. The topological polar surface area (TPSA) is 54.3 Å². The van der Waals surface area contributed by atoms with E-state index in [1.54, 1.807) is 6.26 Å². The lowest BCUT2D eigenvalue weighted by Gasteiger charge is -2.27. The molecular weight excluding hydrogens is 288 g/mol. The molecular formula is C19H24N2O2. The van der Waals surface area contributed by atoms with Crippen LogP contribution in [0.5, 0.6) is 0 Å². The molecule has 0 radical (unpaired) electrons. The van der Waals surface area contributed by atoms with Crippen molar-refractivity contribution in [3.8, 4) is 0 Å². The highest BCUT2D eigenvalue weighted by Gasteiger charge is 2.25. The van der Waals surface area contributed by atoms with Crippen molar-refractivity contribution in [1.29, 1.82) is 0 Å². The van der Waals surface area contributed by atoms with Gasteiger partial charge in [0.2, 0.25) is 0 Å². The first-order chi connectivity index (χ1) is 11.1. The van der Waals surface area contributed by atoms with Crippen molar-refractivity contribution in [1.82, 2.24) is 10.6 Å². The molecule has 1 aliphatic carbocycles. The van der Waals surface area contributed by atoms with Crippen molar-refractivity contribution in [3.63, 3.8) is 0 Å². The molecule has 0 unspecified atom stereocenters. The Kier molecular flexibility index (Phi) is 4.70. The molecule has 1 aliphatic rings. The van der Waals surface area contributed by atoms with E-state index in [4.69, 9.17) is 4.42 Å². The Morgan fingerprint density at radius 2 is 2.00 bits per heavy atom. The Balaban J connectivity index is 1.67. The number of hydrogen-bond donors (Lipinski definition) is 2. The fourth-order valence-electron chi connectivity index (χ4n) is 3.27. The van der Waals surface area contributed by atoms with Crippen LogP contribution in [0.15, 0.2) is 47.1 Å². The third kappa shape index (κ3) is 3.58. The smallest absolute Gasteiger partial charge is 0.315 e. The zero-order chi connectivity index (χ0) is 16.2. The molecule has 0 bridgehead atoms. The summed E-state index contributed by atoms with van der Waals surface area (Å²) in [5.41, 5.74) is 2.25. The van der Waals surface area contributed by atoms with E-state index in [-0.39, 0.29) is 18.1 Å². The molecule has 0 fully saturated rings. The lowest BCUT2D eigenvalue weighted by molar-refractivity contribution is 0.227. The number of rotatable bonds is 4. The molecule has 4 heteroatoms. The second-order valence-corrected chi connectivity index (χ2v) is 6.49. The van der Waals surface area contributed by atoms with E-state index < -0.39 is 0 Å². The summed E-state index contributed by atoms with van der Waals surface area (Å²) < 4.78 is 5.48. The molecule has 1 aromatic carbocycles. The van der Waals surface area contributed by atoms with Crippen LogP contribution in [0, 0.1) is 5.92 Å². The van der Waals surface area contributed by atoms with Crippen LogP contribution >= 0.6 is 0 Å². The molecule has 0 saturated carbocycles. The van der Waals surface area contributed by atoms with Crippen LogP contribution < -0.4 is 10.6 Å². The second kappa shape index (κ2) is 6.90. The lowest BCUT2D eigenvalue weighted by atomic mass is 9.93. The maximum absolute atomic E-state index is 12.5. The van der Waals surface area contributed by atoms with Crippen molar-refractivity contribution in [2.75, 3.05) is 0 Å². The fraction of sp³-hybridized carbons (Fsp3) is 0.421. The first-order valence-corrected chi connectivity index (χ1v) is 8.33. The number of benzene rings is 1. The summed E-state index contributed by atoms with van der Waals surface area (Å²) in [6, 6.07) is 12.0. The van der Waals surface area contributed by atoms with Gasteiger partial charge in [-0.25, -0.2) is 4.79 Å². The average Bonchev–Trinajstić information content (AvgIpc) is 3.03. The Morgan fingerprint density at radius 3 is 2.74 bits per heavy atom. The monoisotopic (exact) mass is 312 g/mol. The number of furan rings is 1. The molecule has 0 aliphatic heterocycles. The predicted octanol–water partition coefficient (Wildman–Crippen LogP) is 4.35. The quantitative estimate of drug-likeness (QED) is 0.881. The highest BCUT2D eigenvalue weighted by molar-refractivity contribution is 5.75. The molecule has 2 aromatic rings. The van der Waals surface area contributed by atoms with Gasteiger partial charge in [-0.1, -0.05) is 44.2 Å². The molecule has 23 heavy (non-hydrogen) atoms. The minimum absolute atomic E-state index is 0.00334. The lowest BCUT2D eigenvalue weighted by Crippen LogP contribution is -2.42. The van der Waals surface area contributed by atoms with Crippen LogP contribution in [-0.4, -0.2) is 6.03 Å². The van der Waals surface area contributed by atoms with Crippen molar-refractivity contribution < 1.29 is 9.21 Å². The van der Waals surface area contributed by atoms with Crippen molar-refractivity contribution in [3.05, 3.63) is 59.5 Å². The van der Waals surface area contributed by atoms with Crippen LogP contribution in [0.4, 0.5) is 4.79 Å². The van der Waals surface area contributed by atoms with Gasteiger partial charge in [0.1, 0.15) is 5.76 Å². The van der Waals surface area contributed by atoms with Gasteiger partial charge in [-0.05, 0) is 30.4 Å². The third-order valence-corrected chi connectivity index (χ3v) is 4.47. The molecule has 2 atom stereocenters. The highest BCUT2D eigenvalue weighted by Crippen LogP contribution is 2.30. The zero-order valence-electron chi connectivity index (χ0n) is 13.7. The highest BCUT2D eigenvalue weighted by atomic mass is 16.3. The minimum Gasteiger partial charge on any atom is -0.469 e. The zero-order valence-corrected chi connectivity index (χ0v) is 13.7. The predicted molar refractivity (Wildman–Crippen MR) is 90.1 cm³/mol. The Labute approximate surface area is 137 Å². The van der Waals surface area contributed by atoms with Crippen LogP contribution in [0.2, 0.25) is 0 Å². The number of hydrogen-bond acceptors (Lipinski definition) is 2. The largest absolute Gasteiger partial charge is 0.469 e. The third-order valence-electron chi connectivity index (χ3n) is 4.47. The number of urea groups is 1. The van der Waals surface area contributed by atoms with E-state index in [1.807, 2.05) is 24.3 Å². The van der Waals surface area contributed by atoms with Crippen LogP contribution in [0.25, 0.3) is 0 Å². The van der Waals surface area contributed by atoms with Gasteiger partial charge in [-0.3, -0.25) is 0 Å². The van der Waals surface area contributed by atoms with Gasteiger partial charge < -0.3 is 15.1 Å². The van der Waals surface area contributed by atoms with E-state index in [0.29, 0.717) is 5.92 Å². The van der Waals surface area contributed by atoms with Crippen molar-refractivity contribution in [2.45, 2.75) is 45.2 Å². The van der Waals surface area contributed by atoms with E-state index >= 15 is 0 Å². The number of carbonyl (C=O) groups is 1. The summed E-state index contributed by atoms with van der Waals surface area (Å²) in [6.45, 7) is 4.24. The summed E-state index contributed by atoms with van der Waals surface area (Å²) in [6.07, 6.45) is 4.67. The van der Waals surface area contributed by atoms with Crippen molar-refractivity contribution in [2.24, 2.45) is 5.92 Å². The van der Waals surface area contributed by atoms with Gasteiger partial charge in [0, 0.05) is 12.0 Å². The second-order valence-electron chi connectivity index (χ2n) is 6.49. The van der Waals surface area contributed by atoms with E-state index in [2.05, 4.69) is 36.6 Å². The normalized spacial score (nSPS) is 18.3. The summed E-state index contributed by atoms with van der Waals surface area (Å²) in [7, 11) is 0. The number of fused-ring (bicyclic) bond motifs is 1. The van der Waals surface area contributed by atoms with E-state index in [9.17, 15) is 4.79 Å². The average molecular weight is 312 g/mol. The van der Waals surface area contributed by atoms with Gasteiger partial charge >= 0.3 is 6.03 Å².